The minimum absolute atomic E-state index is 0.255. The molecule has 20 heavy (non-hydrogen) atoms. The molecule has 1 aromatic carbocycles. The molecule has 1 N–H and O–H groups in total. The second kappa shape index (κ2) is 5.79. The summed E-state index contributed by atoms with van der Waals surface area (Å²) in [5, 5.41) is 11.4. The molecule has 0 saturated heterocycles. The second-order valence-corrected chi connectivity index (χ2v) is 5.85. The van der Waals surface area contributed by atoms with Crippen molar-refractivity contribution in [2.24, 2.45) is 0 Å². The number of aliphatic hydroxyl groups excluding tert-OH is 1. The lowest BCUT2D eigenvalue weighted by molar-refractivity contribution is 0.164. The van der Waals surface area contributed by atoms with Crippen molar-refractivity contribution in [2.45, 2.75) is 12.5 Å². The van der Waals surface area contributed by atoms with E-state index in [9.17, 15) is 27.1 Å². The van der Waals surface area contributed by atoms with Crippen LogP contribution in [0.2, 0.25) is 0 Å². The molecule has 0 aliphatic carbocycles. The number of aliphatic hydroxyl groups is 1. The molecular formula is C12H6BrF5OS. The number of thiophene rings is 1. The Labute approximate surface area is 122 Å². The van der Waals surface area contributed by atoms with E-state index in [4.69, 9.17) is 0 Å². The van der Waals surface area contributed by atoms with Gasteiger partial charge in [-0.3, -0.25) is 0 Å². The van der Waals surface area contributed by atoms with Crippen LogP contribution in [-0.4, -0.2) is 5.11 Å². The number of hydrogen-bond acceptors (Lipinski definition) is 2. The van der Waals surface area contributed by atoms with Gasteiger partial charge in [0.15, 0.2) is 23.3 Å². The Bertz CT molecular complexity index is 629. The van der Waals surface area contributed by atoms with Crippen LogP contribution in [0, 0.1) is 29.1 Å². The first kappa shape index (κ1) is 15.4. The predicted molar refractivity (Wildman–Crippen MR) is 66.9 cm³/mol. The van der Waals surface area contributed by atoms with Crippen LogP contribution in [0.1, 0.15) is 16.5 Å². The van der Waals surface area contributed by atoms with E-state index < -0.39 is 40.8 Å². The van der Waals surface area contributed by atoms with Gasteiger partial charge in [-0.2, -0.15) is 0 Å². The van der Waals surface area contributed by atoms with Crippen LogP contribution in [0.5, 0.6) is 0 Å². The molecule has 0 bridgehead atoms. The summed E-state index contributed by atoms with van der Waals surface area (Å²) in [4.78, 5) is 0.535. The number of rotatable bonds is 3. The number of benzene rings is 1. The third kappa shape index (κ3) is 2.72. The molecule has 1 nitrogen and oxygen atoms in total. The monoisotopic (exact) mass is 372 g/mol. The summed E-state index contributed by atoms with van der Waals surface area (Å²) in [5.74, 6) is -10.4. The van der Waals surface area contributed by atoms with Gasteiger partial charge in [0, 0.05) is 21.2 Å². The van der Waals surface area contributed by atoms with Gasteiger partial charge in [-0.1, -0.05) is 0 Å². The molecule has 1 unspecified atom stereocenters. The van der Waals surface area contributed by atoms with E-state index in [1.165, 1.54) is 11.3 Å². The van der Waals surface area contributed by atoms with E-state index in [0.29, 0.717) is 9.35 Å². The van der Waals surface area contributed by atoms with E-state index >= 15 is 0 Å². The fourth-order valence-corrected chi connectivity index (χ4v) is 3.16. The molecule has 1 atom stereocenters. The lowest BCUT2D eigenvalue weighted by Gasteiger charge is -2.13. The first-order chi connectivity index (χ1) is 9.32. The summed E-state index contributed by atoms with van der Waals surface area (Å²) >= 11 is 4.33. The Balaban J connectivity index is 2.42. The highest BCUT2D eigenvalue weighted by atomic mass is 79.9. The third-order valence-corrected chi connectivity index (χ3v) is 4.31. The lowest BCUT2D eigenvalue weighted by Crippen LogP contribution is -2.12. The van der Waals surface area contributed by atoms with Gasteiger partial charge in [0.1, 0.15) is 0 Å². The molecule has 0 amide bonds. The van der Waals surface area contributed by atoms with E-state index in [-0.39, 0.29) is 6.42 Å². The van der Waals surface area contributed by atoms with Gasteiger partial charge in [0.25, 0.3) is 0 Å². The van der Waals surface area contributed by atoms with Crippen molar-refractivity contribution in [2.75, 3.05) is 0 Å². The van der Waals surface area contributed by atoms with Crippen molar-refractivity contribution in [3.63, 3.8) is 0 Å². The van der Waals surface area contributed by atoms with Gasteiger partial charge >= 0.3 is 0 Å². The fraction of sp³-hybridized carbons (Fsp3) is 0.167. The topological polar surface area (TPSA) is 20.2 Å². The lowest BCUT2D eigenvalue weighted by atomic mass is 10.0. The van der Waals surface area contributed by atoms with Crippen LogP contribution in [0.25, 0.3) is 0 Å². The molecule has 1 aromatic heterocycles. The maximum absolute atomic E-state index is 13.5. The summed E-state index contributed by atoms with van der Waals surface area (Å²) in [6.07, 6.45) is -2.08. The van der Waals surface area contributed by atoms with Gasteiger partial charge in [-0.25, -0.2) is 22.0 Å². The van der Waals surface area contributed by atoms with Gasteiger partial charge in [-0.05, 0) is 22.0 Å². The molecule has 108 valence electrons. The first-order valence-corrected chi connectivity index (χ1v) is 6.92. The van der Waals surface area contributed by atoms with E-state index in [1.807, 2.05) is 0 Å². The van der Waals surface area contributed by atoms with Crippen molar-refractivity contribution in [3.05, 3.63) is 55.4 Å². The Morgan fingerprint density at radius 2 is 1.50 bits per heavy atom. The highest BCUT2D eigenvalue weighted by Gasteiger charge is 2.29. The van der Waals surface area contributed by atoms with Crippen LogP contribution >= 0.6 is 27.3 Å². The van der Waals surface area contributed by atoms with Crippen LogP contribution in [0.4, 0.5) is 22.0 Å². The van der Waals surface area contributed by atoms with Crippen LogP contribution in [0.15, 0.2) is 15.9 Å². The Hall–Kier alpha value is -0.990. The Kier molecular flexibility index (Phi) is 4.46. The third-order valence-electron chi connectivity index (χ3n) is 2.59. The Morgan fingerprint density at radius 3 is 1.95 bits per heavy atom. The highest BCUT2D eigenvalue weighted by molar-refractivity contribution is 9.10. The average Bonchev–Trinajstić information content (AvgIpc) is 2.79. The molecule has 0 spiro atoms. The molecule has 0 saturated carbocycles. The summed E-state index contributed by atoms with van der Waals surface area (Å²) in [6, 6.07) is 1.58. The zero-order chi connectivity index (χ0) is 15.0. The summed E-state index contributed by atoms with van der Waals surface area (Å²) < 4.78 is 66.6. The van der Waals surface area contributed by atoms with Gasteiger partial charge in [-0.15, -0.1) is 11.3 Å². The predicted octanol–water partition coefficient (Wildman–Crippen LogP) is 4.48. The molecule has 1 heterocycles. The zero-order valence-electron chi connectivity index (χ0n) is 9.56. The SMILES string of the molecule is OC(Cc1cc(Br)cs1)c1c(F)c(F)c(F)c(F)c1F. The van der Waals surface area contributed by atoms with Gasteiger partial charge in [0.2, 0.25) is 5.82 Å². The maximum atomic E-state index is 13.5. The van der Waals surface area contributed by atoms with E-state index in [0.717, 1.165) is 0 Å². The van der Waals surface area contributed by atoms with Crippen LogP contribution in [-0.2, 0) is 6.42 Å². The molecule has 8 heteroatoms. The largest absolute Gasteiger partial charge is 0.388 e. The van der Waals surface area contributed by atoms with Crippen molar-refractivity contribution in [1.82, 2.24) is 0 Å². The van der Waals surface area contributed by atoms with Crippen LogP contribution in [0.3, 0.4) is 0 Å². The van der Waals surface area contributed by atoms with Crippen molar-refractivity contribution < 1.29 is 27.1 Å². The highest BCUT2D eigenvalue weighted by Crippen LogP contribution is 2.31. The molecular weight excluding hydrogens is 367 g/mol. The van der Waals surface area contributed by atoms with Crippen molar-refractivity contribution >= 4 is 27.3 Å². The molecule has 0 aliphatic heterocycles. The molecule has 2 rings (SSSR count). The minimum atomic E-state index is -2.24. The summed E-state index contributed by atoms with van der Waals surface area (Å²) in [7, 11) is 0. The smallest absolute Gasteiger partial charge is 0.200 e. The Morgan fingerprint density at radius 1 is 1.00 bits per heavy atom. The number of halogens is 6. The molecule has 0 fully saturated rings. The van der Waals surface area contributed by atoms with Crippen molar-refractivity contribution in [1.29, 1.82) is 0 Å². The van der Waals surface area contributed by atoms with E-state index in [2.05, 4.69) is 15.9 Å². The minimum Gasteiger partial charge on any atom is -0.388 e. The molecule has 0 aliphatic rings. The fourth-order valence-electron chi connectivity index (χ4n) is 1.67. The number of hydrogen-bond donors (Lipinski definition) is 1. The normalized spacial score (nSPS) is 12.8. The quantitative estimate of drug-likeness (QED) is 0.478. The van der Waals surface area contributed by atoms with Gasteiger partial charge in [0.05, 0.1) is 11.7 Å². The molecule has 0 radical (unpaired) electrons. The van der Waals surface area contributed by atoms with Crippen molar-refractivity contribution in [3.8, 4) is 0 Å². The second-order valence-electron chi connectivity index (χ2n) is 3.93. The molecule has 2 aromatic rings. The summed E-state index contributed by atoms with van der Waals surface area (Å²) in [5.41, 5.74) is -1.22. The maximum Gasteiger partial charge on any atom is 0.200 e. The standard InChI is InChI=1S/C12H6BrF5OS/c13-4-1-5(20-3-4)2-6(19)7-8(14)10(16)12(18)11(17)9(7)15/h1,3,6,19H,2H2. The average molecular weight is 373 g/mol. The van der Waals surface area contributed by atoms with Gasteiger partial charge < -0.3 is 5.11 Å². The summed E-state index contributed by atoms with van der Waals surface area (Å²) in [6.45, 7) is 0. The zero-order valence-corrected chi connectivity index (χ0v) is 12.0. The van der Waals surface area contributed by atoms with E-state index in [1.54, 1.807) is 11.4 Å². The van der Waals surface area contributed by atoms with Crippen LogP contribution < -0.4 is 0 Å². The first-order valence-electron chi connectivity index (χ1n) is 5.25.